The molecule has 2 aromatic rings. The summed E-state index contributed by atoms with van der Waals surface area (Å²) in [4.78, 5) is 0. The van der Waals surface area contributed by atoms with E-state index in [9.17, 15) is 5.11 Å². The molecule has 1 aliphatic rings. The monoisotopic (exact) mass is 260 g/mol. The van der Waals surface area contributed by atoms with E-state index in [-0.39, 0.29) is 0 Å². The Kier molecular flexibility index (Phi) is 3.38. The van der Waals surface area contributed by atoms with Gasteiger partial charge in [0.25, 0.3) is 0 Å². The van der Waals surface area contributed by atoms with E-state index in [2.05, 4.69) is 14.9 Å². The van der Waals surface area contributed by atoms with Crippen LogP contribution in [0, 0.1) is 0 Å². The van der Waals surface area contributed by atoms with Gasteiger partial charge in [-0.1, -0.05) is 12.8 Å². The largest absolute Gasteiger partial charge is 0.386 e. The van der Waals surface area contributed by atoms with Gasteiger partial charge in [0.1, 0.15) is 6.10 Å². The van der Waals surface area contributed by atoms with Crippen LogP contribution < -0.4 is 0 Å². The summed E-state index contributed by atoms with van der Waals surface area (Å²) in [6, 6.07) is 4.42. The molecule has 0 spiro atoms. The van der Waals surface area contributed by atoms with E-state index in [0.717, 1.165) is 11.4 Å². The highest BCUT2D eigenvalue weighted by molar-refractivity contribution is 5.10. The predicted molar refractivity (Wildman–Crippen MR) is 71.6 cm³/mol. The van der Waals surface area contributed by atoms with Crippen molar-refractivity contribution in [2.24, 2.45) is 7.05 Å². The first-order valence-electron chi connectivity index (χ1n) is 6.94. The molecule has 0 radical (unpaired) electrons. The lowest BCUT2D eigenvalue weighted by molar-refractivity contribution is 0.167. The molecule has 102 valence electrons. The van der Waals surface area contributed by atoms with Crippen molar-refractivity contribution < 1.29 is 5.11 Å². The molecule has 1 fully saturated rings. The fraction of sp³-hybridized carbons (Fsp3) is 0.571. The minimum Gasteiger partial charge on any atom is -0.386 e. The number of aliphatic hydroxyl groups is 1. The Morgan fingerprint density at radius 1 is 1.37 bits per heavy atom. The summed E-state index contributed by atoms with van der Waals surface area (Å²) in [5.74, 6) is 0. The third-order valence-electron chi connectivity index (χ3n) is 3.97. The fourth-order valence-electron chi connectivity index (χ4n) is 2.87. The van der Waals surface area contributed by atoms with Crippen molar-refractivity contribution >= 4 is 0 Å². The van der Waals surface area contributed by atoms with Crippen LogP contribution in [0.2, 0.25) is 0 Å². The van der Waals surface area contributed by atoms with Crippen LogP contribution in [0.3, 0.4) is 0 Å². The predicted octanol–water partition coefficient (Wildman–Crippen LogP) is 2.01. The van der Waals surface area contributed by atoms with Crippen molar-refractivity contribution in [3.05, 3.63) is 35.9 Å². The Bertz CT molecular complexity index is 539. The lowest BCUT2D eigenvalue weighted by Gasteiger charge is -2.10. The maximum absolute atomic E-state index is 10.2. The van der Waals surface area contributed by atoms with Crippen molar-refractivity contribution in [1.82, 2.24) is 19.6 Å². The molecule has 2 aromatic heterocycles. The molecule has 1 unspecified atom stereocenters. The highest BCUT2D eigenvalue weighted by Crippen LogP contribution is 2.29. The number of aryl methyl sites for hydroxylation is 1. The first-order valence-corrected chi connectivity index (χ1v) is 6.94. The molecule has 1 saturated carbocycles. The Morgan fingerprint density at radius 2 is 2.16 bits per heavy atom. The van der Waals surface area contributed by atoms with E-state index in [1.807, 2.05) is 25.4 Å². The van der Waals surface area contributed by atoms with Crippen LogP contribution in [0.1, 0.15) is 49.2 Å². The van der Waals surface area contributed by atoms with Crippen molar-refractivity contribution in [2.45, 2.75) is 44.2 Å². The molecule has 5 heteroatoms. The van der Waals surface area contributed by atoms with Crippen molar-refractivity contribution in [2.75, 3.05) is 0 Å². The van der Waals surface area contributed by atoms with Crippen molar-refractivity contribution in [1.29, 1.82) is 0 Å². The van der Waals surface area contributed by atoms with E-state index in [1.54, 1.807) is 10.9 Å². The summed E-state index contributed by atoms with van der Waals surface area (Å²) < 4.78 is 3.77. The van der Waals surface area contributed by atoms with Crippen LogP contribution >= 0.6 is 0 Å². The topological polar surface area (TPSA) is 55.9 Å². The van der Waals surface area contributed by atoms with E-state index < -0.39 is 6.10 Å². The minimum atomic E-state index is -0.542. The van der Waals surface area contributed by atoms with Gasteiger partial charge in [0, 0.05) is 25.9 Å². The van der Waals surface area contributed by atoms with Crippen molar-refractivity contribution in [3.8, 4) is 0 Å². The highest BCUT2D eigenvalue weighted by Gasteiger charge is 2.19. The van der Waals surface area contributed by atoms with Gasteiger partial charge >= 0.3 is 0 Å². The molecule has 5 nitrogen and oxygen atoms in total. The Labute approximate surface area is 112 Å². The van der Waals surface area contributed by atoms with E-state index in [1.165, 1.54) is 25.7 Å². The number of aliphatic hydroxyl groups excluding tert-OH is 1. The molecule has 3 rings (SSSR count). The smallest absolute Gasteiger partial charge is 0.101 e. The zero-order valence-corrected chi connectivity index (χ0v) is 11.2. The number of hydrogen-bond donors (Lipinski definition) is 1. The van der Waals surface area contributed by atoms with Gasteiger partial charge < -0.3 is 5.11 Å². The SMILES string of the molecule is Cn1nccc1C(O)Cc1ccn(C2CCCC2)n1. The zero-order valence-electron chi connectivity index (χ0n) is 11.2. The van der Waals surface area contributed by atoms with E-state index in [4.69, 9.17) is 0 Å². The molecule has 0 aliphatic heterocycles. The van der Waals surface area contributed by atoms with Crippen LogP contribution in [0.25, 0.3) is 0 Å². The van der Waals surface area contributed by atoms with Gasteiger partial charge in [0.05, 0.1) is 17.4 Å². The normalized spacial score (nSPS) is 18.0. The molecule has 0 saturated heterocycles. The molecular formula is C14H20N4O. The van der Waals surface area contributed by atoms with Gasteiger partial charge in [-0.3, -0.25) is 9.36 Å². The Morgan fingerprint density at radius 3 is 2.84 bits per heavy atom. The summed E-state index contributed by atoms with van der Waals surface area (Å²) in [6.07, 6.45) is 8.81. The molecule has 0 aromatic carbocycles. The third kappa shape index (κ3) is 2.56. The lowest BCUT2D eigenvalue weighted by Crippen LogP contribution is -2.10. The quantitative estimate of drug-likeness (QED) is 0.915. The minimum absolute atomic E-state index is 0.541. The summed E-state index contributed by atoms with van der Waals surface area (Å²) in [7, 11) is 1.84. The summed E-state index contributed by atoms with van der Waals surface area (Å²) in [5.41, 5.74) is 1.77. The third-order valence-corrected chi connectivity index (χ3v) is 3.97. The second-order valence-electron chi connectivity index (χ2n) is 5.32. The first-order chi connectivity index (χ1) is 9.24. The van der Waals surface area contributed by atoms with Gasteiger partial charge in [0.2, 0.25) is 0 Å². The van der Waals surface area contributed by atoms with Gasteiger partial charge in [-0.2, -0.15) is 10.2 Å². The molecule has 1 N–H and O–H groups in total. The molecule has 2 heterocycles. The number of aromatic nitrogens is 4. The van der Waals surface area contributed by atoms with Crippen LogP contribution in [-0.4, -0.2) is 24.7 Å². The lowest BCUT2D eigenvalue weighted by atomic mass is 10.1. The summed E-state index contributed by atoms with van der Waals surface area (Å²) in [5, 5.41) is 18.9. The van der Waals surface area contributed by atoms with Crippen LogP contribution in [0.5, 0.6) is 0 Å². The van der Waals surface area contributed by atoms with E-state index in [0.29, 0.717) is 12.5 Å². The molecular weight excluding hydrogens is 240 g/mol. The van der Waals surface area contributed by atoms with Gasteiger partial charge in [0.15, 0.2) is 0 Å². The van der Waals surface area contributed by atoms with Crippen LogP contribution in [0.15, 0.2) is 24.5 Å². The second-order valence-corrected chi connectivity index (χ2v) is 5.32. The maximum atomic E-state index is 10.2. The van der Waals surface area contributed by atoms with Crippen molar-refractivity contribution in [3.63, 3.8) is 0 Å². The number of hydrogen-bond acceptors (Lipinski definition) is 3. The van der Waals surface area contributed by atoms with Gasteiger partial charge in [-0.15, -0.1) is 0 Å². The average Bonchev–Trinajstić information content (AvgIpc) is 3.07. The highest BCUT2D eigenvalue weighted by atomic mass is 16.3. The second kappa shape index (κ2) is 5.17. The summed E-state index contributed by atoms with van der Waals surface area (Å²) in [6.45, 7) is 0. The average molecular weight is 260 g/mol. The maximum Gasteiger partial charge on any atom is 0.101 e. The molecule has 1 aliphatic carbocycles. The van der Waals surface area contributed by atoms with Gasteiger partial charge in [-0.05, 0) is 25.0 Å². The van der Waals surface area contributed by atoms with Crippen LogP contribution in [0.4, 0.5) is 0 Å². The summed E-state index contributed by atoms with van der Waals surface area (Å²) >= 11 is 0. The molecule has 1 atom stereocenters. The molecule has 0 amide bonds. The van der Waals surface area contributed by atoms with E-state index >= 15 is 0 Å². The Balaban J connectivity index is 1.68. The van der Waals surface area contributed by atoms with Gasteiger partial charge in [-0.25, -0.2) is 0 Å². The fourth-order valence-corrected chi connectivity index (χ4v) is 2.87. The molecule has 19 heavy (non-hydrogen) atoms. The number of rotatable bonds is 4. The Hall–Kier alpha value is -1.62. The zero-order chi connectivity index (χ0) is 13.2. The van der Waals surface area contributed by atoms with Crippen LogP contribution in [-0.2, 0) is 13.5 Å². The standard InChI is InChI=1S/C14H20N4O/c1-17-13(6-8-15-17)14(19)10-11-7-9-18(16-11)12-4-2-3-5-12/h6-9,12,14,19H,2-5,10H2,1H3. The molecule has 0 bridgehead atoms. The number of nitrogens with zero attached hydrogens (tertiary/aromatic N) is 4. The first kappa shape index (κ1) is 12.4.